The number of halogens is 3. The summed E-state index contributed by atoms with van der Waals surface area (Å²) >= 11 is 0.707. The number of nitrogens with zero attached hydrogens (tertiary/aromatic N) is 2. The molecular formula is C9H11F3N2OS. The highest BCUT2D eigenvalue weighted by Crippen LogP contribution is 2.38. The maximum atomic E-state index is 12.5. The third-order valence-corrected chi connectivity index (χ3v) is 3.58. The van der Waals surface area contributed by atoms with Crippen molar-refractivity contribution in [1.29, 1.82) is 0 Å². The Morgan fingerprint density at radius 2 is 1.94 bits per heavy atom. The lowest BCUT2D eigenvalue weighted by Gasteiger charge is -2.27. The van der Waals surface area contributed by atoms with Crippen molar-refractivity contribution >= 4 is 16.3 Å². The smallest absolute Gasteiger partial charge is 0.378 e. The molecule has 90 valence electrons. The first kappa shape index (κ1) is 11.7. The number of hydrogen-bond acceptors (Lipinski definition) is 4. The molecule has 7 heteroatoms. The third kappa shape index (κ3) is 2.30. The first-order valence-electron chi connectivity index (χ1n) is 4.86. The van der Waals surface area contributed by atoms with Crippen LogP contribution in [0.5, 0.6) is 0 Å². The predicted octanol–water partition coefficient (Wildman–Crippen LogP) is 2.31. The maximum Gasteiger partial charge on any atom is 0.443 e. The average Bonchev–Trinajstić information content (AvgIpc) is 2.61. The molecule has 0 radical (unpaired) electrons. The molecule has 0 saturated carbocycles. The minimum Gasteiger partial charge on any atom is -0.378 e. The summed E-state index contributed by atoms with van der Waals surface area (Å²) < 4.78 is 42.5. The zero-order valence-electron chi connectivity index (χ0n) is 8.67. The van der Waals surface area contributed by atoms with Crippen LogP contribution in [0.25, 0.3) is 0 Å². The van der Waals surface area contributed by atoms with E-state index in [2.05, 4.69) is 4.98 Å². The average molecular weight is 252 g/mol. The Kier molecular flexibility index (Phi) is 3.07. The van der Waals surface area contributed by atoms with Crippen LogP contribution in [0.3, 0.4) is 0 Å². The summed E-state index contributed by atoms with van der Waals surface area (Å²) in [6.45, 7) is 3.97. The van der Waals surface area contributed by atoms with Gasteiger partial charge in [0, 0.05) is 13.1 Å². The van der Waals surface area contributed by atoms with E-state index in [1.54, 1.807) is 6.92 Å². The van der Waals surface area contributed by atoms with Crippen LogP contribution < -0.4 is 4.90 Å². The van der Waals surface area contributed by atoms with Gasteiger partial charge in [-0.2, -0.15) is 13.2 Å². The van der Waals surface area contributed by atoms with E-state index in [-0.39, 0.29) is 0 Å². The van der Waals surface area contributed by atoms with Crippen LogP contribution in [0.15, 0.2) is 0 Å². The molecule has 0 unspecified atom stereocenters. The molecule has 1 aromatic rings. The molecule has 1 aliphatic heterocycles. The second-order valence-corrected chi connectivity index (χ2v) is 4.48. The lowest BCUT2D eigenvalue weighted by molar-refractivity contribution is -0.137. The number of ether oxygens (including phenoxy) is 1. The molecule has 0 amide bonds. The number of alkyl halides is 3. The summed E-state index contributed by atoms with van der Waals surface area (Å²) in [7, 11) is 0. The zero-order chi connectivity index (χ0) is 11.8. The number of rotatable bonds is 1. The summed E-state index contributed by atoms with van der Waals surface area (Å²) in [6.07, 6.45) is -4.35. The SMILES string of the molecule is Cc1nc(C(F)(F)F)sc1N1CCOCC1. The molecule has 1 fully saturated rings. The Balaban J connectivity index is 2.24. The minimum absolute atomic E-state index is 0.444. The number of anilines is 1. The molecule has 1 saturated heterocycles. The molecule has 0 bridgehead atoms. The van der Waals surface area contributed by atoms with Crippen molar-refractivity contribution in [2.75, 3.05) is 31.2 Å². The van der Waals surface area contributed by atoms with Crippen molar-refractivity contribution in [3.63, 3.8) is 0 Å². The quantitative estimate of drug-likeness (QED) is 0.767. The van der Waals surface area contributed by atoms with E-state index in [0.717, 1.165) is 0 Å². The van der Waals surface area contributed by atoms with Crippen LogP contribution in [-0.4, -0.2) is 31.3 Å². The molecule has 0 atom stereocenters. The largest absolute Gasteiger partial charge is 0.443 e. The van der Waals surface area contributed by atoms with E-state index in [9.17, 15) is 13.2 Å². The van der Waals surface area contributed by atoms with Crippen LogP contribution in [-0.2, 0) is 10.9 Å². The number of morpholine rings is 1. The van der Waals surface area contributed by atoms with Crippen LogP contribution in [0, 0.1) is 6.92 Å². The lowest BCUT2D eigenvalue weighted by Crippen LogP contribution is -2.36. The summed E-state index contributed by atoms with van der Waals surface area (Å²) in [4.78, 5) is 5.46. The van der Waals surface area contributed by atoms with Gasteiger partial charge in [-0.1, -0.05) is 11.3 Å². The molecule has 3 nitrogen and oxygen atoms in total. The Morgan fingerprint density at radius 1 is 1.31 bits per heavy atom. The molecule has 0 N–H and O–H groups in total. The molecule has 1 aromatic heterocycles. The Bertz CT molecular complexity index is 371. The molecule has 1 aliphatic rings. The molecule has 2 rings (SSSR count). The molecular weight excluding hydrogens is 241 g/mol. The highest BCUT2D eigenvalue weighted by atomic mass is 32.1. The fourth-order valence-electron chi connectivity index (χ4n) is 1.57. The van der Waals surface area contributed by atoms with Gasteiger partial charge >= 0.3 is 6.18 Å². The second kappa shape index (κ2) is 4.21. The highest BCUT2D eigenvalue weighted by Gasteiger charge is 2.36. The zero-order valence-corrected chi connectivity index (χ0v) is 9.49. The Morgan fingerprint density at radius 3 is 2.44 bits per heavy atom. The first-order valence-corrected chi connectivity index (χ1v) is 5.67. The van der Waals surface area contributed by atoms with Gasteiger partial charge in [0.15, 0.2) is 5.01 Å². The monoisotopic (exact) mass is 252 g/mol. The van der Waals surface area contributed by atoms with E-state index in [0.29, 0.717) is 48.3 Å². The molecule has 16 heavy (non-hydrogen) atoms. The maximum absolute atomic E-state index is 12.5. The molecule has 0 spiro atoms. The van der Waals surface area contributed by atoms with Crippen molar-refractivity contribution in [3.05, 3.63) is 10.7 Å². The fraction of sp³-hybridized carbons (Fsp3) is 0.667. The standard InChI is InChI=1S/C9H11F3N2OS/c1-6-7(14-2-4-15-5-3-14)16-8(13-6)9(10,11)12/h2-5H2,1H3. The van der Waals surface area contributed by atoms with Gasteiger partial charge in [-0.25, -0.2) is 4.98 Å². The Labute approximate surface area is 94.8 Å². The summed E-state index contributed by atoms with van der Waals surface area (Å²) in [5, 5.41) is -0.165. The van der Waals surface area contributed by atoms with E-state index in [1.807, 2.05) is 4.90 Å². The van der Waals surface area contributed by atoms with Crippen LogP contribution in [0.2, 0.25) is 0 Å². The molecule has 0 aliphatic carbocycles. The number of aromatic nitrogens is 1. The van der Waals surface area contributed by atoms with E-state index in [4.69, 9.17) is 4.74 Å². The van der Waals surface area contributed by atoms with Gasteiger partial charge in [-0.05, 0) is 6.92 Å². The van der Waals surface area contributed by atoms with Gasteiger partial charge in [0.2, 0.25) is 0 Å². The number of hydrogen-bond donors (Lipinski definition) is 0. The number of thiazole rings is 1. The van der Waals surface area contributed by atoms with Crippen LogP contribution in [0.1, 0.15) is 10.7 Å². The van der Waals surface area contributed by atoms with Gasteiger partial charge < -0.3 is 9.64 Å². The Hall–Kier alpha value is -0.820. The lowest BCUT2D eigenvalue weighted by atomic mass is 10.4. The van der Waals surface area contributed by atoms with Gasteiger partial charge in [-0.15, -0.1) is 0 Å². The third-order valence-electron chi connectivity index (χ3n) is 2.31. The predicted molar refractivity (Wildman–Crippen MR) is 54.9 cm³/mol. The fourth-order valence-corrected chi connectivity index (χ4v) is 2.56. The van der Waals surface area contributed by atoms with E-state index >= 15 is 0 Å². The van der Waals surface area contributed by atoms with Crippen molar-refractivity contribution in [3.8, 4) is 0 Å². The van der Waals surface area contributed by atoms with Gasteiger partial charge in [0.25, 0.3) is 0 Å². The minimum atomic E-state index is -4.35. The number of aryl methyl sites for hydroxylation is 1. The van der Waals surface area contributed by atoms with Gasteiger partial charge in [0.1, 0.15) is 5.00 Å². The molecule has 0 aromatic carbocycles. The van der Waals surface area contributed by atoms with Crippen molar-refractivity contribution in [2.45, 2.75) is 13.1 Å². The normalized spacial score (nSPS) is 17.9. The highest BCUT2D eigenvalue weighted by molar-refractivity contribution is 7.16. The van der Waals surface area contributed by atoms with Crippen LogP contribution >= 0.6 is 11.3 Å². The van der Waals surface area contributed by atoms with Gasteiger partial charge in [0.05, 0.1) is 18.9 Å². The van der Waals surface area contributed by atoms with Gasteiger partial charge in [-0.3, -0.25) is 0 Å². The second-order valence-electron chi connectivity index (χ2n) is 3.51. The topological polar surface area (TPSA) is 25.4 Å². The van der Waals surface area contributed by atoms with Crippen LogP contribution in [0.4, 0.5) is 18.2 Å². The van der Waals surface area contributed by atoms with Crippen molar-refractivity contribution in [2.24, 2.45) is 0 Å². The first-order chi connectivity index (χ1) is 7.48. The molecule has 2 heterocycles. The summed E-state index contributed by atoms with van der Waals surface area (Å²) in [5.74, 6) is 0. The van der Waals surface area contributed by atoms with E-state index in [1.165, 1.54) is 0 Å². The van der Waals surface area contributed by atoms with E-state index < -0.39 is 11.2 Å². The van der Waals surface area contributed by atoms with Crippen molar-refractivity contribution < 1.29 is 17.9 Å². The van der Waals surface area contributed by atoms with Crippen molar-refractivity contribution in [1.82, 2.24) is 4.98 Å². The summed E-state index contributed by atoms with van der Waals surface area (Å²) in [5.41, 5.74) is 0.444. The summed E-state index contributed by atoms with van der Waals surface area (Å²) in [6, 6.07) is 0.